The molecule has 0 spiro atoms. The Morgan fingerprint density at radius 2 is 1.95 bits per heavy atom. The Kier molecular flexibility index (Phi) is 5.08. The number of hydrogen-bond acceptors (Lipinski definition) is 6. The van der Waals surface area contributed by atoms with Crippen LogP contribution in [0.4, 0.5) is 5.82 Å². The molecule has 7 nitrogen and oxygen atoms in total. The summed E-state index contributed by atoms with van der Waals surface area (Å²) in [5.41, 5.74) is 0.379. The number of amides is 1. The molecule has 7 heteroatoms. The van der Waals surface area contributed by atoms with Crippen molar-refractivity contribution in [1.29, 1.82) is 0 Å². The van der Waals surface area contributed by atoms with Gasteiger partial charge >= 0.3 is 0 Å². The Labute approximate surface area is 125 Å². The molecule has 1 aliphatic heterocycles. The standard InChI is InChI=1S/C14H23N5O2/c1-11(20)10-18-6-8-19(9-7-18)14(21)12-4-5-13(16-15-12)17(2)3/h4-5,11,20H,6-10H2,1-3H3/t11-/m0/s1. The van der Waals surface area contributed by atoms with Crippen LogP contribution in [-0.4, -0.2) is 83.9 Å². The van der Waals surface area contributed by atoms with Crippen molar-refractivity contribution in [3.63, 3.8) is 0 Å². The van der Waals surface area contributed by atoms with E-state index >= 15 is 0 Å². The monoisotopic (exact) mass is 293 g/mol. The summed E-state index contributed by atoms with van der Waals surface area (Å²) in [6.07, 6.45) is -0.336. The predicted molar refractivity (Wildman–Crippen MR) is 80.4 cm³/mol. The topological polar surface area (TPSA) is 72.8 Å². The van der Waals surface area contributed by atoms with Gasteiger partial charge in [0.05, 0.1) is 6.10 Å². The van der Waals surface area contributed by atoms with Crippen molar-refractivity contribution >= 4 is 11.7 Å². The summed E-state index contributed by atoms with van der Waals surface area (Å²) in [7, 11) is 3.76. The number of β-amino-alcohol motifs (C(OH)–C–C–N with tert-alkyl or cyclic N) is 1. The van der Waals surface area contributed by atoms with Crippen LogP contribution in [0.15, 0.2) is 12.1 Å². The Bertz CT molecular complexity index is 467. The fourth-order valence-electron chi connectivity index (χ4n) is 2.35. The highest BCUT2D eigenvalue weighted by Crippen LogP contribution is 2.10. The SMILES string of the molecule is C[C@H](O)CN1CCN(C(=O)c2ccc(N(C)C)nn2)CC1. The molecule has 2 heterocycles. The van der Waals surface area contributed by atoms with E-state index in [1.807, 2.05) is 19.0 Å². The molecule has 21 heavy (non-hydrogen) atoms. The zero-order valence-electron chi connectivity index (χ0n) is 12.9. The number of rotatable bonds is 4. The molecule has 0 saturated carbocycles. The van der Waals surface area contributed by atoms with Crippen LogP contribution in [0.25, 0.3) is 0 Å². The van der Waals surface area contributed by atoms with E-state index in [1.54, 1.807) is 24.0 Å². The first-order chi connectivity index (χ1) is 9.97. The Balaban J connectivity index is 1.92. The molecule has 1 saturated heterocycles. The molecule has 1 aliphatic rings. The van der Waals surface area contributed by atoms with E-state index in [4.69, 9.17) is 0 Å². The van der Waals surface area contributed by atoms with Crippen LogP contribution >= 0.6 is 0 Å². The average molecular weight is 293 g/mol. The van der Waals surface area contributed by atoms with Crippen LogP contribution in [-0.2, 0) is 0 Å². The van der Waals surface area contributed by atoms with Crippen molar-refractivity contribution in [2.24, 2.45) is 0 Å². The first kappa shape index (κ1) is 15.7. The second-order valence-electron chi connectivity index (χ2n) is 5.61. The molecule has 1 aromatic rings. The number of hydrogen-bond donors (Lipinski definition) is 1. The van der Waals surface area contributed by atoms with Gasteiger partial charge in [0.15, 0.2) is 11.5 Å². The number of aliphatic hydroxyl groups is 1. The lowest BCUT2D eigenvalue weighted by Crippen LogP contribution is -2.50. The summed E-state index contributed by atoms with van der Waals surface area (Å²) in [4.78, 5) is 18.1. The average Bonchev–Trinajstić information content (AvgIpc) is 2.47. The van der Waals surface area contributed by atoms with E-state index in [-0.39, 0.29) is 12.0 Å². The maximum atomic E-state index is 12.4. The third-order valence-corrected chi connectivity index (χ3v) is 3.51. The molecule has 1 fully saturated rings. The summed E-state index contributed by atoms with van der Waals surface area (Å²) in [6.45, 7) is 5.30. The molecule has 0 bridgehead atoms. The predicted octanol–water partition coefficient (Wildman–Crippen LogP) is -0.319. The largest absolute Gasteiger partial charge is 0.392 e. The molecular weight excluding hydrogens is 270 g/mol. The molecule has 0 aliphatic carbocycles. The van der Waals surface area contributed by atoms with Crippen molar-refractivity contribution < 1.29 is 9.90 Å². The van der Waals surface area contributed by atoms with Crippen molar-refractivity contribution in [3.05, 3.63) is 17.8 Å². The molecule has 0 radical (unpaired) electrons. The van der Waals surface area contributed by atoms with Crippen molar-refractivity contribution in [3.8, 4) is 0 Å². The highest BCUT2D eigenvalue weighted by atomic mass is 16.3. The van der Waals surface area contributed by atoms with E-state index in [0.29, 0.717) is 25.3 Å². The minimum Gasteiger partial charge on any atom is -0.392 e. The van der Waals surface area contributed by atoms with Gasteiger partial charge < -0.3 is 14.9 Å². The third kappa shape index (κ3) is 4.12. The quantitative estimate of drug-likeness (QED) is 0.820. The minimum atomic E-state index is -0.336. The summed E-state index contributed by atoms with van der Waals surface area (Å²) in [6, 6.07) is 3.51. The normalized spacial score (nSPS) is 17.6. The van der Waals surface area contributed by atoms with Gasteiger partial charge in [-0.15, -0.1) is 10.2 Å². The number of anilines is 1. The summed E-state index contributed by atoms with van der Waals surface area (Å²) < 4.78 is 0. The Morgan fingerprint density at radius 1 is 1.29 bits per heavy atom. The van der Waals surface area contributed by atoms with Gasteiger partial charge in [0.1, 0.15) is 0 Å². The number of piperazine rings is 1. The van der Waals surface area contributed by atoms with Crippen LogP contribution in [0.5, 0.6) is 0 Å². The van der Waals surface area contributed by atoms with Crippen molar-refractivity contribution in [1.82, 2.24) is 20.0 Å². The number of nitrogens with zero attached hydrogens (tertiary/aromatic N) is 5. The number of aromatic nitrogens is 2. The van der Waals surface area contributed by atoms with Crippen LogP contribution < -0.4 is 4.90 Å². The maximum absolute atomic E-state index is 12.4. The zero-order valence-corrected chi connectivity index (χ0v) is 12.9. The van der Waals surface area contributed by atoms with E-state index < -0.39 is 0 Å². The van der Waals surface area contributed by atoms with E-state index in [0.717, 1.165) is 18.9 Å². The smallest absolute Gasteiger partial charge is 0.274 e. The highest BCUT2D eigenvalue weighted by Gasteiger charge is 2.23. The van der Waals surface area contributed by atoms with Gasteiger partial charge in [-0.3, -0.25) is 9.69 Å². The first-order valence-corrected chi connectivity index (χ1v) is 7.18. The molecule has 1 atom stereocenters. The summed E-state index contributed by atoms with van der Waals surface area (Å²) >= 11 is 0. The fourth-order valence-corrected chi connectivity index (χ4v) is 2.35. The molecule has 1 amide bonds. The van der Waals surface area contributed by atoms with Gasteiger partial charge in [0.25, 0.3) is 5.91 Å². The van der Waals surface area contributed by atoms with Gasteiger partial charge in [-0.25, -0.2) is 0 Å². The maximum Gasteiger partial charge on any atom is 0.274 e. The molecule has 1 aromatic heterocycles. The Hall–Kier alpha value is -1.73. The molecule has 0 aromatic carbocycles. The lowest BCUT2D eigenvalue weighted by atomic mass is 10.2. The highest BCUT2D eigenvalue weighted by molar-refractivity contribution is 5.92. The lowest BCUT2D eigenvalue weighted by molar-refractivity contribution is 0.0548. The van der Waals surface area contributed by atoms with Gasteiger partial charge in [-0.2, -0.15) is 0 Å². The van der Waals surface area contributed by atoms with E-state index in [2.05, 4.69) is 15.1 Å². The van der Waals surface area contributed by atoms with E-state index in [1.165, 1.54) is 0 Å². The summed E-state index contributed by atoms with van der Waals surface area (Å²) in [5.74, 6) is 0.651. The van der Waals surface area contributed by atoms with Crippen LogP contribution in [0.1, 0.15) is 17.4 Å². The third-order valence-electron chi connectivity index (χ3n) is 3.51. The second kappa shape index (κ2) is 6.82. The van der Waals surface area contributed by atoms with Gasteiger partial charge in [-0.1, -0.05) is 0 Å². The number of aliphatic hydroxyl groups excluding tert-OH is 1. The van der Waals surface area contributed by atoms with E-state index in [9.17, 15) is 9.90 Å². The van der Waals surface area contributed by atoms with Crippen molar-refractivity contribution in [2.45, 2.75) is 13.0 Å². The Morgan fingerprint density at radius 3 is 2.43 bits per heavy atom. The lowest BCUT2D eigenvalue weighted by Gasteiger charge is -2.35. The molecule has 116 valence electrons. The van der Waals surface area contributed by atoms with Crippen molar-refractivity contribution in [2.75, 3.05) is 51.7 Å². The first-order valence-electron chi connectivity index (χ1n) is 7.18. The summed E-state index contributed by atoms with van der Waals surface area (Å²) in [5, 5.41) is 17.4. The minimum absolute atomic E-state index is 0.0792. The fraction of sp³-hybridized carbons (Fsp3) is 0.643. The van der Waals surface area contributed by atoms with Gasteiger partial charge in [0.2, 0.25) is 0 Å². The van der Waals surface area contributed by atoms with Gasteiger partial charge in [-0.05, 0) is 19.1 Å². The van der Waals surface area contributed by atoms with Gasteiger partial charge in [0, 0.05) is 46.8 Å². The van der Waals surface area contributed by atoms with Crippen LogP contribution in [0.3, 0.4) is 0 Å². The molecule has 0 unspecified atom stereocenters. The number of carbonyl (C=O) groups excluding carboxylic acids is 1. The number of carbonyl (C=O) groups is 1. The zero-order chi connectivity index (χ0) is 15.4. The molecule has 2 rings (SSSR count). The van der Waals surface area contributed by atoms with Crippen LogP contribution in [0.2, 0.25) is 0 Å². The van der Waals surface area contributed by atoms with Crippen LogP contribution in [0, 0.1) is 0 Å². The second-order valence-corrected chi connectivity index (χ2v) is 5.61. The molecule has 1 N–H and O–H groups in total. The molecular formula is C14H23N5O2.